The van der Waals surface area contributed by atoms with Crippen molar-refractivity contribution < 1.29 is 14.6 Å². The fourth-order valence-electron chi connectivity index (χ4n) is 2.78. The number of aromatic carboxylic acids is 1. The van der Waals surface area contributed by atoms with Crippen molar-refractivity contribution in [2.24, 2.45) is 0 Å². The number of anilines is 1. The standard InChI is InChI=1S/C13H16N2O3/c1-13(2)14-6-9-7-18-11-4-3-8(12(16)17)5-10(11)15(9)13/h3-5,9,14H,6-7H2,1-2H3,(H,16,17). The number of carbonyl (C=O) groups is 1. The molecule has 1 aromatic rings. The second-order valence-electron chi connectivity index (χ2n) is 5.26. The molecule has 96 valence electrons. The molecular formula is C13H16N2O3. The Hall–Kier alpha value is -1.75. The summed E-state index contributed by atoms with van der Waals surface area (Å²) in [5.74, 6) is -0.155. The van der Waals surface area contributed by atoms with Crippen molar-refractivity contribution in [1.29, 1.82) is 0 Å². The van der Waals surface area contributed by atoms with Gasteiger partial charge in [-0.1, -0.05) is 0 Å². The van der Waals surface area contributed by atoms with Crippen LogP contribution in [0.5, 0.6) is 5.75 Å². The molecular weight excluding hydrogens is 232 g/mol. The molecule has 2 aliphatic heterocycles. The molecule has 0 aromatic heterocycles. The summed E-state index contributed by atoms with van der Waals surface area (Å²) in [5.41, 5.74) is 0.974. The normalized spacial score (nSPS) is 24.1. The minimum Gasteiger partial charge on any atom is -0.489 e. The Morgan fingerprint density at radius 3 is 3.06 bits per heavy atom. The number of benzene rings is 1. The first-order valence-corrected chi connectivity index (χ1v) is 6.03. The lowest BCUT2D eigenvalue weighted by Gasteiger charge is -2.41. The topological polar surface area (TPSA) is 61.8 Å². The molecule has 0 amide bonds. The zero-order chi connectivity index (χ0) is 12.9. The molecule has 0 aliphatic carbocycles. The van der Waals surface area contributed by atoms with E-state index in [0.29, 0.717) is 12.2 Å². The van der Waals surface area contributed by atoms with E-state index in [-0.39, 0.29) is 11.7 Å². The second kappa shape index (κ2) is 3.62. The molecule has 0 spiro atoms. The van der Waals surface area contributed by atoms with Crippen molar-refractivity contribution in [3.63, 3.8) is 0 Å². The zero-order valence-electron chi connectivity index (χ0n) is 10.4. The molecule has 1 fully saturated rings. The van der Waals surface area contributed by atoms with Crippen molar-refractivity contribution in [3.05, 3.63) is 23.8 Å². The first-order valence-electron chi connectivity index (χ1n) is 6.03. The van der Waals surface area contributed by atoms with Crippen LogP contribution in [0.4, 0.5) is 5.69 Å². The fraction of sp³-hybridized carbons (Fsp3) is 0.462. The van der Waals surface area contributed by atoms with Gasteiger partial charge in [-0.25, -0.2) is 4.79 Å². The number of carboxylic acids is 1. The molecule has 1 unspecified atom stereocenters. The van der Waals surface area contributed by atoms with Gasteiger partial charge in [-0.05, 0) is 32.0 Å². The van der Waals surface area contributed by atoms with Crippen LogP contribution >= 0.6 is 0 Å². The van der Waals surface area contributed by atoms with Gasteiger partial charge in [-0.15, -0.1) is 0 Å². The van der Waals surface area contributed by atoms with Gasteiger partial charge in [0.25, 0.3) is 0 Å². The summed E-state index contributed by atoms with van der Waals surface area (Å²) in [6.45, 7) is 5.67. The lowest BCUT2D eigenvalue weighted by Crippen LogP contribution is -2.51. The lowest BCUT2D eigenvalue weighted by atomic mass is 10.1. The van der Waals surface area contributed by atoms with E-state index < -0.39 is 5.97 Å². The Morgan fingerprint density at radius 2 is 2.33 bits per heavy atom. The second-order valence-corrected chi connectivity index (χ2v) is 5.26. The van der Waals surface area contributed by atoms with Crippen molar-refractivity contribution in [2.75, 3.05) is 18.1 Å². The summed E-state index contributed by atoms with van der Waals surface area (Å²) in [7, 11) is 0. The van der Waals surface area contributed by atoms with E-state index in [0.717, 1.165) is 18.0 Å². The van der Waals surface area contributed by atoms with Gasteiger partial charge in [0.2, 0.25) is 0 Å². The summed E-state index contributed by atoms with van der Waals surface area (Å²) in [4.78, 5) is 13.3. The van der Waals surface area contributed by atoms with E-state index in [1.54, 1.807) is 18.2 Å². The zero-order valence-corrected chi connectivity index (χ0v) is 10.4. The minimum absolute atomic E-state index is 0.180. The fourth-order valence-corrected chi connectivity index (χ4v) is 2.78. The highest BCUT2D eigenvalue weighted by Gasteiger charge is 2.43. The molecule has 2 N–H and O–H groups in total. The summed E-state index contributed by atoms with van der Waals surface area (Å²) in [5, 5.41) is 12.5. The van der Waals surface area contributed by atoms with Gasteiger partial charge in [0, 0.05) is 6.54 Å². The van der Waals surface area contributed by atoms with E-state index in [4.69, 9.17) is 9.84 Å². The predicted molar refractivity (Wildman–Crippen MR) is 67.2 cm³/mol. The van der Waals surface area contributed by atoms with Gasteiger partial charge in [0.15, 0.2) is 0 Å². The lowest BCUT2D eigenvalue weighted by molar-refractivity contribution is 0.0696. The molecule has 0 saturated carbocycles. The molecule has 1 atom stereocenters. The average Bonchev–Trinajstić information content (AvgIpc) is 2.65. The minimum atomic E-state index is -0.912. The summed E-state index contributed by atoms with van der Waals surface area (Å²) in [6.07, 6.45) is 0. The van der Waals surface area contributed by atoms with Crippen LogP contribution in [0, 0.1) is 0 Å². The van der Waals surface area contributed by atoms with Crippen LogP contribution in [0.1, 0.15) is 24.2 Å². The third-order valence-electron chi connectivity index (χ3n) is 3.63. The predicted octanol–water partition coefficient (Wildman–Crippen LogP) is 1.29. The van der Waals surface area contributed by atoms with E-state index in [9.17, 15) is 4.79 Å². The van der Waals surface area contributed by atoms with Crippen molar-refractivity contribution in [2.45, 2.75) is 25.6 Å². The molecule has 5 heteroatoms. The van der Waals surface area contributed by atoms with Crippen LogP contribution in [-0.2, 0) is 0 Å². The smallest absolute Gasteiger partial charge is 0.335 e. The number of hydrogen-bond donors (Lipinski definition) is 2. The quantitative estimate of drug-likeness (QED) is 0.784. The Kier molecular flexibility index (Phi) is 2.28. The molecule has 1 saturated heterocycles. The highest BCUT2D eigenvalue weighted by Crippen LogP contribution is 2.40. The first-order chi connectivity index (χ1) is 8.49. The van der Waals surface area contributed by atoms with Crippen LogP contribution in [0.25, 0.3) is 0 Å². The molecule has 2 aliphatic rings. The van der Waals surface area contributed by atoms with E-state index in [1.807, 2.05) is 0 Å². The van der Waals surface area contributed by atoms with Gasteiger partial charge in [0.05, 0.1) is 23.0 Å². The molecule has 2 heterocycles. The number of ether oxygens (including phenoxy) is 1. The summed E-state index contributed by atoms with van der Waals surface area (Å²) in [6, 6.07) is 5.27. The van der Waals surface area contributed by atoms with E-state index in [1.165, 1.54) is 0 Å². The Bertz CT molecular complexity index is 513. The first kappa shape index (κ1) is 11.3. The van der Waals surface area contributed by atoms with Crippen molar-refractivity contribution in [3.8, 4) is 5.75 Å². The molecule has 5 nitrogen and oxygen atoms in total. The molecule has 0 bridgehead atoms. The van der Waals surface area contributed by atoms with Gasteiger partial charge in [0.1, 0.15) is 12.4 Å². The summed E-state index contributed by atoms with van der Waals surface area (Å²) < 4.78 is 5.69. The monoisotopic (exact) mass is 248 g/mol. The summed E-state index contributed by atoms with van der Waals surface area (Å²) >= 11 is 0. The SMILES string of the molecule is CC1(C)NCC2COc3ccc(C(=O)O)cc3N21. The number of fused-ring (bicyclic) bond motifs is 3. The Balaban J connectivity index is 2.11. The van der Waals surface area contributed by atoms with Gasteiger partial charge in [-0.3, -0.25) is 5.32 Å². The number of rotatable bonds is 1. The van der Waals surface area contributed by atoms with Crippen molar-refractivity contribution in [1.82, 2.24) is 5.32 Å². The number of nitrogens with zero attached hydrogens (tertiary/aromatic N) is 1. The molecule has 18 heavy (non-hydrogen) atoms. The van der Waals surface area contributed by atoms with Gasteiger partial charge < -0.3 is 14.7 Å². The van der Waals surface area contributed by atoms with Crippen LogP contribution < -0.4 is 15.0 Å². The molecule has 0 radical (unpaired) electrons. The third-order valence-corrected chi connectivity index (χ3v) is 3.63. The van der Waals surface area contributed by atoms with Gasteiger partial charge in [-0.2, -0.15) is 0 Å². The average molecular weight is 248 g/mol. The number of hydrogen-bond acceptors (Lipinski definition) is 4. The highest BCUT2D eigenvalue weighted by molar-refractivity contribution is 5.90. The Morgan fingerprint density at radius 1 is 1.56 bits per heavy atom. The van der Waals surface area contributed by atoms with Gasteiger partial charge >= 0.3 is 5.97 Å². The van der Waals surface area contributed by atoms with E-state index >= 15 is 0 Å². The number of nitrogens with one attached hydrogen (secondary N) is 1. The van der Waals surface area contributed by atoms with E-state index in [2.05, 4.69) is 24.1 Å². The van der Waals surface area contributed by atoms with Crippen LogP contribution in [0.2, 0.25) is 0 Å². The molecule has 3 rings (SSSR count). The largest absolute Gasteiger partial charge is 0.489 e. The molecule has 1 aromatic carbocycles. The maximum atomic E-state index is 11.1. The maximum absolute atomic E-state index is 11.1. The maximum Gasteiger partial charge on any atom is 0.335 e. The van der Waals surface area contributed by atoms with Crippen LogP contribution in [-0.4, -0.2) is 35.9 Å². The van der Waals surface area contributed by atoms with Crippen LogP contribution in [0.15, 0.2) is 18.2 Å². The Labute approximate surface area is 105 Å². The van der Waals surface area contributed by atoms with Crippen LogP contribution in [0.3, 0.4) is 0 Å². The highest BCUT2D eigenvalue weighted by atomic mass is 16.5. The number of carboxylic acid groups (broad SMARTS) is 1. The third kappa shape index (κ3) is 1.54. The van der Waals surface area contributed by atoms with Crippen molar-refractivity contribution >= 4 is 11.7 Å².